The molecule has 1 amide bonds. The van der Waals surface area contributed by atoms with E-state index in [0.29, 0.717) is 27.9 Å². The number of carbonyl (C=O) groups excluding carboxylic acids is 2. The van der Waals surface area contributed by atoms with Crippen molar-refractivity contribution < 1.29 is 49.0 Å². The van der Waals surface area contributed by atoms with Gasteiger partial charge in [-0.15, -0.1) is 0 Å². The number of hydrogen-bond donors (Lipinski definition) is 1. The molecule has 1 heterocycles. The van der Waals surface area contributed by atoms with Gasteiger partial charge in [0.05, 0.1) is 17.2 Å². The molecular formula is C24H19N2NaO4S. The van der Waals surface area contributed by atoms with Crippen molar-refractivity contribution in [3.05, 3.63) is 76.7 Å². The first-order valence-electron chi connectivity index (χ1n) is 9.76. The Morgan fingerprint density at radius 2 is 1.88 bits per heavy atom. The summed E-state index contributed by atoms with van der Waals surface area (Å²) in [6.07, 6.45) is 1.66. The first kappa shape index (κ1) is 24.1. The normalized spacial score (nSPS) is 15.6. The van der Waals surface area contributed by atoms with Crippen LogP contribution in [0.3, 0.4) is 0 Å². The molecule has 156 valence electrons. The molecule has 0 aromatic heterocycles. The molecule has 1 aliphatic heterocycles. The van der Waals surface area contributed by atoms with E-state index < -0.39 is 5.97 Å². The number of ether oxygens (including phenoxy) is 1. The van der Waals surface area contributed by atoms with Gasteiger partial charge < -0.3 is 20.0 Å². The molecule has 1 saturated heterocycles. The number of amidine groups is 1. The number of aliphatic imine (C=N–C) groups is 1. The molecule has 0 radical (unpaired) electrons. The quantitative estimate of drug-likeness (QED) is 0.431. The van der Waals surface area contributed by atoms with Gasteiger partial charge in [0.2, 0.25) is 0 Å². The Morgan fingerprint density at radius 1 is 1.12 bits per heavy atom. The zero-order chi connectivity index (χ0) is 21.8. The molecule has 3 aromatic rings. The summed E-state index contributed by atoms with van der Waals surface area (Å²) in [5.74, 6) is -0.615. The number of hydrogen-bond acceptors (Lipinski definition) is 6. The van der Waals surface area contributed by atoms with Crippen molar-refractivity contribution in [2.45, 2.75) is 13.3 Å². The topological polar surface area (TPSA) is 90.8 Å². The maximum absolute atomic E-state index is 12.5. The van der Waals surface area contributed by atoms with E-state index in [2.05, 4.69) is 10.3 Å². The minimum absolute atomic E-state index is 0. The summed E-state index contributed by atoms with van der Waals surface area (Å²) in [4.78, 5) is 28.1. The van der Waals surface area contributed by atoms with Crippen molar-refractivity contribution in [3.63, 3.8) is 0 Å². The minimum atomic E-state index is -1.13. The number of carboxylic acids is 1. The number of thioether (sulfide) groups is 1. The first-order valence-corrected chi connectivity index (χ1v) is 10.6. The van der Waals surface area contributed by atoms with Gasteiger partial charge in [0.25, 0.3) is 5.91 Å². The van der Waals surface area contributed by atoms with Gasteiger partial charge in [-0.3, -0.25) is 4.79 Å². The van der Waals surface area contributed by atoms with E-state index in [-0.39, 0.29) is 41.9 Å². The summed E-state index contributed by atoms with van der Waals surface area (Å²) in [6.45, 7) is 2.45. The zero-order valence-corrected chi connectivity index (χ0v) is 20.6. The fourth-order valence-corrected chi connectivity index (χ4v) is 4.11. The van der Waals surface area contributed by atoms with Crippen LogP contribution in [0.5, 0.6) is 5.75 Å². The molecule has 0 spiro atoms. The Labute approximate surface area is 212 Å². The second kappa shape index (κ2) is 10.8. The van der Waals surface area contributed by atoms with Gasteiger partial charge in [0, 0.05) is 23.3 Å². The molecule has 1 fully saturated rings. The number of amides is 1. The number of rotatable bonds is 6. The average Bonchev–Trinajstić information content (AvgIpc) is 3.09. The number of nitrogens with one attached hydrogen (secondary N) is 1. The van der Waals surface area contributed by atoms with Gasteiger partial charge in [-0.2, -0.15) is 0 Å². The molecule has 0 bridgehead atoms. The van der Waals surface area contributed by atoms with Crippen molar-refractivity contribution in [1.82, 2.24) is 5.32 Å². The van der Waals surface area contributed by atoms with E-state index >= 15 is 0 Å². The van der Waals surface area contributed by atoms with Crippen molar-refractivity contribution >= 4 is 51.3 Å². The Morgan fingerprint density at radius 3 is 2.59 bits per heavy atom. The van der Waals surface area contributed by atoms with E-state index in [4.69, 9.17) is 4.74 Å². The van der Waals surface area contributed by atoms with Crippen LogP contribution in [0.4, 0.5) is 5.69 Å². The number of carbonyl (C=O) groups is 2. The van der Waals surface area contributed by atoms with Gasteiger partial charge in [0.15, 0.2) is 5.17 Å². The molecule has 6 nitrogen and oxygen atoms in total. The molecule has 0 atom stereocenters. The van der Waals surface area contributed by atoms with Crippen molar-refractivity contribution in [3.8, 4) is 5.75 Å². The van der Waals surface area contributed by atoms with Crippen molar-refractivity contribution in [2.24, 2.45) is 4.99 Å². The number of nitrogens with zero attached hydrogens (tertiary/aromatic N) is 1. The standard InChI is InChI=1S/C24H20N2O4S.Na/c1-2-30-22-17(10-9-16-5-3-4-6-19(16)22)14-20-23(29)26-24(31-20)25-18-11-7-15(8-12-18)13-21(27)28;/h3-12,14H,2,13H2,1H3,(H,27,28)(H,25,26,29);/q;+1/p-1. The first-order chi connectivity index (χ1) is 15.0. The monoisotopic (exact) mass is 454 g/mol. The number of carboxylic acid groups (broad SMARTS) is 1. The van der Waals surface area contributed by atoms with E-state index in [1.54, 1.807) is 24.3 Å². The van der Waals surface area contributed by atoms with Gasteiger partial charge in [-0.05, 0) is 47.8 Å². The third-order valence-corrected chi connectivity index (χ3v) is 5.56. The van der Waals surface area contributed by atoms with Crippen LogP contribution < -0.4 is 44.7 Å². The van der Waals surface area contributed by atoms with Crippen LogP contribution in [0.1, 0.15) is 18.1 Å². The van der Waals surface area contributed by atoms with Crippen LogP contribution in [0.15, 0.2) is 70.6 Å². The zero-order valence-electron chi connectivity index (χ0n) is 17.8. The summed E-state index contributed by atoms with van der Waals surface area (Å²) >= 11 is 1.25. The second-order valence-corrected chi connectivity index (χ2v) is 7.87. The van der Waals surface area contributed by atoms with Crippen LogP contribution in [0.25, 0.3) is 16.8 Å². The van der Waals surface area contributed by atoms with E-state index in [9.17, 15) is 14.7 Å². The predicted octanol–water partition coefficient (Wildman–Crippen LogP) is 0.426. The summed E-state index contributed by atoms with van der Waals surface area (Å²) in [5.41, 5.74) is 2.07. The van der Waals surface area contributed by atoms with Gasteiger partial charge in [-0.25, -0.2) is 4.99 Å². The Bertz CT molecular complexity index is 1220. The van der Waals surface area contributed by atoms with Gasteiger partial charge >= 0.3 is 29.6 Å². The van der Waals surface area contributed by atoms with Crippen LogP contribution in [0, 0.1) is 0 Å². The predicted molar refractivity (Wildman–Crippen MR) is 121 cm³/mol. The van der Waals surface area contributed by atoms with E-state index in [1.165, 1.54) is 11.8 Å². The molecule has 0 saturated carbocycles. The molecule has 0 aliphatic carbocycles. The van der Waals surface area contributed by atoms with E-state index in [0.717, 1.165) is 22.1 Å². The van der Waals surface area contributed by atoms with Gasteiger partial charge in [0.1, 0.15) is 5.75 Å². The van der Waals surface area contributed by atoms with Crippen molar-refractivity contribution in [2.75, 3.05) is 6.61 Å². The number of aliphatic carboxylic acids is 1. The molecule has 1 aliphatic rings. The summed E-state index contributed by atoms with van der Waals surface area (Å²) in [6, 6.07) is 18.7. The minimum Gasteiger partial charge on any atom is -0.550 e. The summed E-state index contributed by atoms with van der Waals surface area (Å²) < 4.78 is 5.89. The fourth-order valence-electron chi connectivity index (χ4n) is 3.27. The second-order valence-electron chi connectivity index (χ2n) is 6.84. The number of benzene rings is 3. The molecule has 3 aromatic carbocycles. The maximum atomic E-state index is 12.5. The fraction of sp³-hybridized carbons (Fsp3) is 0.125. The largest absolute Gasteiger partial charge is 1.00 e. The van der Waals surface area contributed by atoms with Crippen LogP contribution in [-0.4, -0.2) is 23.7 Å². The number of fused-ring (bicyclic) bond motifs is 1. The Kier molecular flexibility index (Phi) is 8.15. The van der Waals surface area contributed by atoms with Crippen LogP contribution in [0.2, 0.25) is 0 Å². The van der Waals surface area contributed by atoms with Crippen molar-refractivity contribution in [1.29, 1.82) is 0 Å². The Hall–Kier alpha value is -2.58. The molecular weight excluding hydrogens is 435 g/mol. The SMILES string of the molecule is CCOc1c(C=C2SC(=Nc3ccc(CC(=O)[O-])cc3)NC2=O)ccc2ccccc12.[Na+]. The maximum Gasteiger partial charge on any atom is 1.00 e. The van der Waals surface area contributed by atoms with E-state index in [1.807, 2.05) is 49.4 Å². The Balaban J connectivity index is 0.00000289. The third kappa shape index (κ3) is 5.61. The summed E-state index contributed by atoms with van der Waals surface area (Å²) in [7, 11) is 0. The van der Waals surface area contributed by atoms with Crippen LogP contribution >= 0.6 is 11.8 Å². The molecule has 4 rings (SSSR count). The third-order valence-electron chi connectivity index (χ3n) is 4.65. The molecule has 8 heteroatoms. The average molecular weight is 454 g/mol. The molecule has 0 unspecified atom stereocenters. The molecule has 32 heavy (non-hydrogen) atoms. The molecule has 1 N–H and O–H groups in total. The van der Waals surface area contributed by atoms with Gasteiger partial charge in [-0.1, -0.05) is 48.5 Å². The smallest absolute Gasteiger partial charge is 0.550 e. The summed E-state index contributed by atoms with van der Waals surface area (Å²) in [5, 5.41) is 16.0. The van der Waals surface area contributed by atoms with Crippen LogP contribution in [-0.2, 0) is 16.0 Å².